The molecule has 0 amide bonds. The number of nitrogens with two attached hydrogens (primary N) is 1. The van der Waals surface area contributed by atoms with Crippen LogP contribution in [0.25, 0.3) is 0 Å². The van der Waals surface area contributed by atoms with Gasteiger partial charge in [0.2, 0.25) is 11.9 Å². The highest BCUT2D eigenvalue weighted by molar-refractivity contribution is 5.33. The lowest BCUT2D eigenvalue weighted by Crippen LogP contribution is -2.33. The summed E-state index contributed by atoms with van der Waals surface area (Å²) in [6.07, 6.45) is 0.673. The van der Waals surface area contributed by atoms with Crippen LogP contribution in [0.3, 0.4) is 0 Å². The molecule has 1 fully saturated rings. The molecule has 24 heavy (non-hydrogen) atoms. The molecule has 1 saturated heterocycles. The van der Waals surface area contributed by atoms with E-state index in [0.717, 1.165) is 0 Å². The van der Waals surface area contributed by atoms with Crippen LogP contribution in [0.2, 0.25) is 0 Å². The zero-order valence-electron chi connectivity index (χ0n) is 13.3. The Morgan fingerprint density at radius 1 is 1.54 bits per heavy atom. The highest BCUT2D eigenvalue weighted by Gasteiger charge is 2.37. The second-order valence-electron chi connectivity index (χ2n) is 5.69. The number of aryl methyl sites for hydroxylation is 2. The van der Waals surface area contributed by atoms with E-state index in [-0.39, 0.29) is 18.6 Å². The van der Waals surface area contributed by atoms with Gasteiger partial charge in [-0.2, -0.15) is 4.98 Å². The molecule has 1 aliphatic rings. The van der Waals surface area contributed by atoms with Crippen molar-refractivity contribution in [3.63, 3.8) is 0 Å². The fourth-order valence-corrected chi connectivity index (χ4v) is 2.72. The van der Waals surface area contributed by atoms with Crippen molar-refractivity contribution in [1.29, 1.82) is 0 Å². The van der Waals surface area contributed by atoms with E-state index in [1.807, 2.05) is 0 Å². The molecule has 11 nitrogen and oxygen atoms in total. The van der Waals surface area contributed by atoms with Crippen molar-refractivity contribution in [2.75, 3.05) is 17.7 Å². The van der Waals surface area contributed by atoms with Crippen LogP contribution in [0.5, 0.6) is 0 Å². The molecule has 130 valence electrons. The maximum Gasteiger partial charge on any atom is 0.330 e. The lowest BCUT2D eigenvalue weighted by molar-refractivity contribution is -0.0262. The number of H-pyrrole nitrogens is 1. The van der Waals surface area contributed by atoms with E-state index in [1.165, 1.54) is 15.4 Å². The number of nitrogens with zero attached hydrogens (tertiary/aromatic N) is 4. The molecule has 11 heteroatoms. The quantitative estimate of drug-likeness (QED) is 0.516. The number of aromatic amines is 1. The summed E-state index contributed by atoms with van der Waals surface area (Å²) in [5.41, 5.74) is 4.95. The third kappa shape index (κ3) is 2.90. The highest BCUT2D eigenvalue weighted by Crippen LogP contribution is 2.29. The zero-order chi connectivity index (χ0) is 17.4. The third-order valence-electron chi connectivity index (χ3n) is 3.97. The van der Waals surface area contributed by atoms with Gasteiger partial charge < -0.3 is 20.9 Å². The molecule has 0 radical (unpaired) electrons. The van der Waals surface area contributed by atoms with Crippen LogP contribution >= 0.6 is 0 Å². The van der Waals surface area contributed by atoms with Crippen molar-refractivity contribution in [1.82, 2.24) is 24.3 Å². The first-order valence-electron chi connectivity index (χ1n) is 7.40. The number of hydrogen-bond acceptors (Lipinski definition) is 8. The number of aromatic nitrogens is 5. The summed E-state index contributed by atoms with van der Waals surface area (Å²) in [5, 5.41) is 16.6. The lowest BCUT2D eigenvalue weighted by Gasteiger charge is -2.17. The molecule has 0 unspecified atom stereocenters. The number of nitrogens with one attached hydrogen (secondary N) is 2. The van der Waals surface area contributed by atoms with Crippen LogP contribution in [0.15, 0.2) is 15.8 Å². The molecule has 2 aromatic rings. The van der Waals surface area contributed by atoms with Crippen molar-refractivity contribution >= 4 is 11.9 Å². The van der Waals surface area contributed by atoms with Gasteiger partial charge in [0, 0.05) is 25.2 Å². The third-order valence-corrected chi connectivity index (χ3v) is 3.97. The van der Waals surface area contributed by atoms with Crippen LogP contribution in [0.1, 0.15) is 18.2 Å². The Morgan fingerprint density at radius 2 is 2.29 bits per heavy atom. The predicted octanol–water partition coefficient (Wildman–Crippen LogP) is -1.68. The largest absolute Gasteiger partial charge is 0.394 e. The Balaban J connectivity index is 1.84. The van der Waals surface area contributed by atoms with Gasteiger partial charge in [0.1, 0.15) is 12.3 Å². The smallest absolute Gasteiger partial charge is 0.330 e. The van der Waals surface area contributed by atoms with Gasteiger partial charge in [0.15, 0.2) is 0 Å². The maximum atomic E-state index is 12.0. The van der Waals surface area contributed by atoms with Crippen molar-refractivity contribution in [2.45, 2.75) is 31.7 Å². The predicted molar refractivity (Wildman–Crippen MR) is 84.5 cm³/mol. The van der Waals surface area contributed by atoms with E-state index in [2.05, 4.69) is 20.4 Å². The summed E-state index contributed by atoms with van der Waals surface area (Å²) in [6, 6.07) is -0.304. The van der Waals surface area contributed by atoms with Crippen LogP contribution < -0.4 is 22.3 Å². The Kier molecular flexibility index (Phi) is 4.11. The van der Waals surface area contributed by atoms with E-state index in [4.69, 9.17) is 10.5 Å². The summed E-state index contributed by atoms with van der Waals surface area (Å²) in [6.45, 7) is 1.36. The number of rotatable bonds is 4. The molecule has 0 spiro atoms. The minimum absolute atomic E-state index is 0.128. The summed E-state index contributed by atoms with van der Waals surface area (Å²) in [5.74, 6) is 0.564. The topological polar surface area (TPSA) is 153 Å². The van der Waals surface area contributed by atoms with Crippen molar-refractivity contribution in [2.24, 2.45) is 7.05 Å². The zero-order valence-corrected chi connectivity index (χ0v) is 13.3. The van der Waals surface area contributed by atoms with Gasteiger partial charge in [-0.25, -0.2) is 9.48 Å². The highest BCUT2D eigenvalue weighted by atomic mass is 16.5. The molecule has 3 heterocycles. The number of nitrogen functional groups attached to an aromatic ring is 1. The molecule has 0 saturated carbocycles. The van der Waals surface area contributed by atoms with Gasteiger partial charge in [0.05, 0.1) is 12.6 Å². The minimum atomic E-state index is -0.617. The first kappa shape index (κ1) is 16.2. The number of aliphatic hydroxyl groups is 1. The van der Waals surface area contributed by atoms with Gasteiger partial charge in [-0.3, -0.25) is 14.3 Å². The summed E-state index contributed by atoms with van der Waals surface area (Å²) < 4.78 is 8.53. The Hall–Kier alpha value is -2.66. The van der Waals surface area contributed by atoms with Crippen molar-refractivity contribution in [3.8, 4) is 0 Å². The normalized spacial score (nSPS) is 23.5. The number of ether oxygens (including phenoxy) is 1. The van der Waals surface area contributed by atoms with E-state index < -0.39 is 23.6 Å². The van der Waals surface area contributed by atoms with E-state index in [1.54, 1.807) is 14.0 Å². The fourth-order valence-electron chi connectivity index (χ4n) is 2.72. The molecular formula is C13H19N7O4. The minimum Gasteiger partial charge on any atom is -0.394 e. The molecule has 0 aliphatic carbocycles. The summed E-state index contributed by atoms with van der Waals surface area (Å²) in [4.78, 5) is 29.8. The van der Waals surface area contributed by atoms with Crippen molar-refractivity contribution < 1.29 is 9.84 Å². The molecule has 0 bridgehead atoms. The summed E-state index contributed by atoms with van der Waals surface area (Å²) >= 11 is 0. The molecule has 2 aromatic heterocycles. The molecule has 1 aliphatic heterocycles. The Labute approximate surface area is 136 Å². The van der Waals surface area contributed by atoms with Crippen LogP contribution in [-0.4, -0.2) is 48.2 Å². The average molecular weight is 337 g/mol. The lowest BCUT2D eigenvalue weighted by atomic mass is 10.1. The number of aliphatic hydroxyl groups excluding tert-OH is 1. The van der Waals surface area contributed by atoms with Gasteiger partial charge in [-0.05, 0) is 6.92 Å². The van der Waals surface area contributed by atoms with Gasteiger partial charge in [-0.15, -0.1) is 5.10 Å². The molecule has 3 atom stereocenters. The van der Waals surface area contributed by atoms with Gasteiger partial charge in [0.25, 0.3) is 5.56 Å². The first-order chi connectivity index (χ1) is 11.4. The molecular weight excluding hydrogens is 318 g/mol. The van der Waals surface area contributed by atoms with E-state index in [9.17, 15) is 14.7 Å². The van der Waals surface area contributed by atoms with Crippen molar-refractivity contribution in [3.05, 3.63) is 32.6 Å². The summed E-state index contributed by atoms with van der Waals surface area (Å²) in [7, 11) is 1.68. The van der Waals surface area contributed by atoms with E-state index in [0.29, 0.717) is 17.9 Å². The molecule has 3 rings (SSSR count). The number of anilines is 2. The average Bonchev–Trinajstić information content (AvgIpc) is 3.06. The van der Waals surface area contributed by atoms with Crippen LogP contribution in [0, 0.1) is 6.92 Å². The molecule has 0 aromatic carbocycles. The van der Waals surface area contributed by atoms with Gasteiger partial charge in [-0.1, -0.05) is 0 Å². The van der Waals surface area contributed by atoms with E-state index >= 15 is 0 Å². The molecule has 5 N–H and O–H groups in total. The number of hydrogen-bond donors (Lipinski definition) is 4. The maximum absolute atomic E-state index is 12.0. The monoisotopic (exact) mass is 337 g/mol. The SMILES string of the molecule is Cc1cn([C@H]2C[C@H](Nc3nc(N)nn3C)[C@@H](CO)O2)c(=O)[nH]c1=O. The van der Waals surface area contributed by atoms with Crippen LogP contribution in [-0.2, 0) is 11.8 Å². The van der Waals surface area contributed by atoms with Crippen LogP contribution in [0.4, 0.5) is 11.9 Å². The Morgan fingerprint density at radius 3 is 2.92 bits per heavy atom. The Bertz CT molecular complexity index is 855. The first-order valence-corrected chi connectivity index (χ1v) is 7.40. The van der Waals surface area contributed by atoms with Gasteiger partial charge >= 0.3 is 5.69 Å². The second kappa shape index (κ2) is 6.09. The second-order valence-corrected chi connectivity index (χ2v) is 5.69. The standard InChI is InChI=1S/C13H19N7O4/c1-6-4-20(13(23)16-10(6)22)9-3-7(8(5-21)24-9)15-12-17-11(14)18-19(12)2/h4,7-9,21H,3,5H2,1-2H3,(H,16,22,23)(H3,14,15,17,18)/t7-,8+,9+/m0/s1. The fraction of sp³-hybridized carbons (Fsp3) is 0.538.